The van der Waals surface area contributed by atoms with E-state index in [0.717, 1.165) is 0 Å². The number of anilines is 1. The Labute approximate surface area is 118 Å². The zero-order valence-corrected chi connectivity index (χ0v) is 11.9. The molecule has 0 radical (unpaired) electrons. The van der Waals surface area contributed by atoms with Crippen LogP contribution < -0.4 is 16.4 Å². The highest BCUT2D eigenvalue weighted by molar-refractivity contribution is 5.94. The number of ether oxygens (including phenoxy) is 1. The molecule has 0 saturated carbocycles. The normalized spacial score (nSPS) is 10.3. The third-order valence-electron chi connectivity index (χ3n) is 2.76. The summed E-state index contributed by atoms with van der Waals surface area (Å²) in [5, 5.41) is 5.38. The Hall–Kier alpha value is -2.02. The number of carbonyl (C=O) groups is 2. The average molecular weight is 282 g/mol. The zero-order chi connectivity index (χ0) is 15.0. The van der Waals surface area contributed by atoms with E-state index in [2.05, 4.69) is 10.6 Å². The number of methoxy groups -OCH3 is 1. The monoisotopic (exact) mass is 282 g/mol. The second-order valence-electron chi connectivity index (χ2n) is 4.29. The van der Waals surface area contributed by atoms with Gasteiger partial charge in [-0.05, 0) is 13.0 Å². The van der Waals surface area contributed by atoms with Crippen molar-refractivity contribution in [3.8, 4) is 0 Å². The fourth-order valence-corrected chi connectivity index (χ4v) is 1.75. The van der Waals surface area contributed by atoms with E-state index in [4.69, 9.17) is 10.5 Å². The lowest BCUT2D eigenvalue weighted by Gasteiger charge is -2.08. The second-order valence-corrected chi connectivity index (χ2v) is 4.29. The van der Waals surface area contributed by atoms with Gasteiger partial charge in [0.05, 0.1) is 12.3 Å². The van der Waals surface area contributed by atoms with Gasteiger partial charge in [0.15, 0.2) is 0 Å². The highest BCUT2D eigenvalue weighted by atomic mass is 16.5. The van der Waals surface area contributed by atoms with Gasteiger partial charge in [0.25, 0.3) is 5.91 Å². The summed E-state index contributed by atoms with van der Waals surface area (Å²) >= 11 is 0. The molecule has 0 aliphatic rings. The number of aryl methyl sites for hydroxylation is 1. The van der Waals surface area contributed by atoms with Gasteiger partial charge in [-0.25, -0.2) is 0 Å². The van der Waals surface area contributed by atoms with E-state index in [-0.39, 0.29) is 24.8 Å². The van der Waals surface area contributed by atoms with Crippen LogP contribution in [0.5, 0.6) is 0 Å². The molecule has 0 aliphatic carbocycles. The summed E-state index contributed by atoms with van der Waals surface area (Å²) in [5.41, 5.74) is 6.72. The molecule has 1 rings (SSSR count). The van der Waals surface area contributed by atoms with Gasteiger partial charge in [0, 0.05) is 39.4 Å². The maximum atomic E-state index is 11.9. The van der Waals surface area contributed by atoms with Gasteiger partial charge >= 0.3 is 0 Å². The van der Waals surface area contributed by atoms with E-state index >= 15 is 0 Å². The highest BCUT2D eigenvalue weighted by Gasteiger charge is 2.12. The molecule has 112 valence electrons. The first-order valence-corrected chi connectivity index (χ1v) is 6.58. The summed E-state index contributed by atoms with van der Waals surface area (Å²) in [6.07, 6.45) is 1.95. The maximum Gasteiger partial charge on any atom is 0.267 e. The van der Waals surface area contributed by atoms with Crippen molar-refractivity contribution in [2.75, 3.05) is 32.5 Å². The molecular weight excluding hydrogens is 260 g/mol. The van der Waals surface area contributed by atoms with Crippen molar-refractivity contribution in [1.29, 1.82) is 0 Å². The summed E-state index contributed by atoms with van der Waals surface area (Å²) < 4.78 is 6.59. The maximum absolute atomic E-state index is 11.9. The highest BCUT2D eigenvalue weighted by Crippen LogP contribution is 2.10. The largest absolute Gasteiger partial charge is 0.397 e. The molecule has 0 aliphatic heterocycles. The average Bonchev–Trinajstić information content (AvgIpc) is 2.80. The molecule has 1 aromatic rings. The van der Waals surface area contributed by atoms with Crippen molar-refractivity contribution in [3.63, 3.8) is 0 Å². The van der Waals surface area contributed by atoms with Crippen molar-refractivity contribution < 1.29 is 14.3 Å². The first-order chi connectivity index (χ1) is 9.58. The predicted octanol–water partition coefficient (Wildman–Crippen LogP) is -0.0273. The number of nitrogen functional groups attached to an aromatic ring is 1. The molecule has 0 aromatic carbocycles. The molecule has 4 N–H and O–H groups in total. The smallest absolute Gasteiger partial charge is 0.267 e. The van der Waals surface area contributed by atoms with E-state index in [1.807, 2.05) is 6.92 Å². The molecule has 1 heterocycles. The van der Waals surface area contributed by atoms with E-state index in [1.54, 1.807) is 23.9 Å². The summed E-state index contributed by atoms with van der Waals surface area (Å²) in [7, 11) is 1.57. The van der Waals surface area contributed by atoms with E-state index in [1.165, 1.54) is 0 Å². The van der Waals surface area contributed by atoms with Crippen LogP contribution in [0.25, 0.3) is 0 Å². The minimum absolute atomic E-state index is 0.118. The van der Waals surface area contributed by atoms with Gasteiger partial charge in [0.2, 0.25) is 5.91 Å². The van der Waals surface area contributed by atoms with Crippen LogP contribution in [0.4, 0.5) is 5.69 Å². The molecule has 1 aromatic heterocycles. The Balaban J connectivity index is 2.34. The Bertz CT molecular complexity index is 456. The summed E-state index contributed by atoms with van der Waals surface area (Å²) in [4.78, 5) is 23.4. The van der Waals surface area contributed by atoms with Crippen LogP contribution in [0, 0.1) is 0 Å². The first kappa shape index (κ1) is 16.0. The van der Waals surface area contributed by atoms with Gasteiger partial charge in [-0.15, -0.1) is 0 Å². The molecule has 7 heteroatoms. The Morgan fingerprint density at radius 1 is 1.35 bits per heavy atom. The molecular formula is C13H22N4O3. The van der Waals surface area contributed by atoms with Crippen LogP contribution in [0.3, 0.4) is 0 Å². The molecule has 20 heavy (non-hydrogen) atoms. The summed E-state index contributed by atoms with van der Waals surface area (Å²) in [6, 6.07) is 1.62. The van der Waals surface area contributed by atoms with Crippen LogP contribution in [-0.4, -0.2) is 43.2 Å². The quantitative estimate of drug-likeness (QED) is 0.583. The number of nitrogens with one attached hydrogen (secondary N) is 2. The van der Waals surface area contributed by atoms with Crippen molar-refractivity contribution in [2.24, 2.45) is 0 Å². The number of rotatable bonds is 8. The minimum atomic E-state index is -0.228. The molecule has 7 nitrogen and oxygen atoms in total. The van der Waals surface area contributed by atoms with Gasteiger partial charge in [-0.3, -0.25) is 9.59 Å². The third kappa shape index (κ3) is 4.93. The molecule has 0 bridgehead atoms. The van der Waals surface area contributed by atoms with Crippen LogP contribution in [0.1, 0.15) is 23.8 Å². The zero-order valence-electron chi connectivity index (χ0n) is 11.9. The second kappa shape index (κ2) is 8.21. The molecule has 2 amide bonds. The first-order valence-electron chi connectivity index (χ1n) is 6.58. The minimum Gasteiger partial charge on any atom is -0.397 e. The molecule has 0 fully saturated rings. The van der Waals surface area contributed by atoms with Gasteiger partial charge in [-0.1, -0.05) is 0 Å². The Kier molecular flexibility index (Phi) is 6.58. The number of amides is 2. The number of aromatic nitrogens is 1. The lowest BCUT2D eigenvalue weighted by atomic mass is 10.3. The Morgan fingerprint density at radius 3 is 2.75 bits per heavy atom. The molecule has 0 saturated heterocycles. The van der Waals surface area contributed by atoms with E-state index in [9.17, 15) is 9.59 Å². The number of hydrogen-bond donors (Lipinski definition) is 3. The number of nitrogens with two attached hydrogens (primary N) is 1. The van der Waals surface area contributed by atoms with Crippen molar-refractivity contribution in [2.45, 2.75) is 19.9 Å². The van der Waals surface area contributed by atoms with Crippen LogP contribution in [-0.2, 0) is 16.1 Å². The summed E-state index contributed by atoms with van der Waals surface area (Å²) in [6.45, 7) is 3.82. The van der Waals surface area contributed by atoms with Gasteiger partial charge in [0.1, 0.15) is 5.69 Å². The molecule has 0 unspecified atom stereocenters. The standard InChI is InChI=1S/C13H22N4O3/c1-3-17-9-10(14)8-11(17)13(19)16-5-4-12(18)15-6-7-20-2/h8-9H,3-7,14H2,1-2H3,(H,15,18)(H,16,19). The lowest BCUT2D eigenvalue weighted by molar-refractivity contribution is -0.121. The van der Waals surface area contributed by atoms with Crippen molar-refractivity contribution >= 4 is 17.5 Å². The molecule has 0 atom stereocenters. The van der Waals surface area contributed by atoms with E-state index in [0.29, 0.717) is 31.1 Å². The third-order valence-corrected chi connectivity index (χ3v) is 2.76. The van der Waals surface area contributed by atoms with Gasteiger partial charge < -0.3 is 25.7 Å². The van der Waals surface area contributed by atoms with Crippen molar-refractivity contribution in [3.05, 3.63) is 18.0 Å². The van der Waals surface area contributed by atoms with Crippen LogP contribution in [0.2, 0.25) is 0 Å². The Morgan fingerprint density at radius 2 is 2.10 bits per heavy atom. The molecule has 0 spiro atoms. The number of hydrogen-bond acceptors (Lipinski definition) is 4. The van der Waals surface area contributed by atoms with Crippen molar-refractivity contribution in [1.82, 2.24) is 15.2 Å². The lowest BCUT2D eigenvalue weighted by Crippen LogP contribution is -2.32. The van der Waals surface area contributed by atoms with E-state index < -0.39 is 0 Å². The fraction of sp³-hybridized carbons (Fsp3) is 0.538. The number of nitrogens with zero attached hydrogens (tertiary/aromatic N) is 1. The topological polar surface area (TPSA) is 98.4 Å². The van der Waals surface area contributed by atoms with Crippen LogP contribution >= 0.6 is 0 Å². The summed E-state index contributed by atoms with van der Waals surface area (Å²) in [5.74, 6) is -0.346. The number of carbonyl (C=O) groups excluding carboxylic acids is 2. The SMILES string of the molecule is CCn1cc(N)cc1C(=O)NCCC(=O)NCCOC. The van der Waals surface area contributed by atoms with Crippen LogP contribution in [0.15, 0.2) is 12.3 Å². The van der Waals surface area contributed by atoms with Gasteiger partial charge in [-0.2, -0.15) is 0 Å². The fourth-order valence-electron chi connectivity index (χ4n) is 1.75. The predicted molar refractivity (Wildman–Crippen MR) is 76.4 cm³/mol.